The second-order valence-electron chi connectivity index (χ2n) is 6.24. The summed E-state index contributed by atoms with van der Waals surface area (Å²) in [5.41, 5.74) is 0.489. The fraction of sp³-hybridized carbons (Fsp3) is 0.350. The van der Waals surface area contributed by atoms with E-state index in [4.69, 9.17) is 0 Å². The predicted octanol–water partition coefficient (Wildman–Crippen LogP) is 2.97. The van der Waals surface area contributed by atoms with E-state index >= 15 is 0 Å². The summed E-state index contributed by atoms with van der Waals surface area (Å²) < 4.78 is 53.3. The van der Waals surface area contributed by atoms with Crippen LogP contribution in [0.15, 0.2) is 64.5 Å². The number of aliphatic hydroxyl groups excluding tert-OH is 1. The lowest BCUT2D eigenvalue weighted by molar-refractivity contribution is -0.0498. The van der Waals surface area contributed by atoms with E-state index in [1.807, 2.05) is 6.92 Å². The molecule has 0 amide bonds. The van der Waals surface area contributed by atoms with Crippen molar-refractivity contribution in [2.24, 2.45) is 4.99 Å². The number of aliphatic imine (C=N–C) groups is 1. The highest BCUT2D eigenvalue weighted by Gasteiger charge is 2.14. The standard InChI is InChI=1S/C20H25F2N3O4S.HI/c1-2-23-20(24-12-13-30(27,28)17-6-4-3-5-7-17)25-14-18(26)15-8-10-16(11-9-15)29-19(21)22;/h3-11,18-19,26H,2,12-14H2,1H3,(H2,23,24,25);1H. The van der Waals surface area contributed by atoms with Crippen LogP contribution in [-0.4, -0.2) is 51.5 Å². The Kier molecular flexibility index (Phi) is 11.7. The third kappa shape index (κ3) is 9.35. The molecule has 0 saturated heterocycles. The maximum Gasteiger partial charge on any atom is 0.387 e. The van der Waals surface area contributed by atoms with Crippen molar-refractivity contribution in [2.75, 3.05) is 25.4 Å². The highest BCUT2D eigenvalue weighted by atomic mass is 127. The number of rotatable bonds is 10. The molecule has 2 aromatic rings. The van der Waals surface area contributed by atoms with Crippen LogP contribution < -0.4 is 15.4 Å². The highest BCUT2D eigenvalue weighted by molar-refractivity contribution is 14.0. The van der Waals surface area contributed by atoms with Crippen LogP contribution in [0.3, 0.4) is 0 Å². The van der Waals surface area contributed by atoms with Gasteiger partial charge in [-0.1, -0.05) is 30.3 Å². The Balaban J connectivity index is 0.00000480. The molecule has 0 aliphatic rings. The van der Waals surface area contributed by atoms with E-state index in [2.05, 4.69) is 20.4 Å². The number of halogens is 3. The number of hydrogen-bond donors (Lipinski definition) is 3. The number of guanidine groups is 1. The van der Waals surface area contributed by atoms with E-state index in [1.165, 1.54) is 24.3 Å². The summed E-state index contributed by atoms with van der Waals surface area (Å²) in [4.78, 5) is 4.50. The molecule has 3 N–H and O–H groups in total. The quantitative estimate of drug-likeness (QED) is 0.231. The monoisotopic (exact) mass is 569 g/mol. The van der Waals surface area contributed by atoms with Gasteiger partial charge in [-0.05, 0) is 36.8 Å². The van der Waals surface area contributed by atoms with Gasteiger partial charge in [-0.2, -0.15) is 8.78 Å². The normalized spacial score (nSPS) is 12.7. The summed E-state index contributed by atoms with van der Waals surface area (Å²) in [6.45, 7) is -0.373. The largest absolute Gasteiger partial charge is 0.435 e. The molecule has 0 radical (unpaired) electrons. The van der Waals surface area contributed by atoms with Gasteiger partial charge in [-0.25, -0.2) is 8.42 Å². The zero-order valence-corrected chi connectivity index (χ0v) is 20.0. The molecule has 0 saturated carbocycles. The second-order valence-corrected chi connectivity index (χ2v) is 8.35. The number of hydrogen-bond acceptors (Lipinski definition) is 5. The van der Waals surface area contributed by atoms with Gasteiger partial charge >= 0.3 is 6.61 Å². The molecule has 7 nitrogen and oxygen atoms in total. The first kappa shape index (κ1) is 27.0. The summed E-state index contributed by atoms with van der Waals surface area (Å²) >= 11 is 0. The molecule has 31 heavy (non-hydrogen) atoms. The van der Waals surface area contributed by atoms with Crippen LogP contribution in [0.2, 0.25) is 0 Å². The van der Waals surface area contributed by atoms with Crippen LogP contribution in [0, 0.1) is 0 Å². The van der Waals surface area contributed by atoms with Crippen molar-refractivity contribution in [3.05, 3.63) is 60.2 Å². The number of nitrogens with one attached hydrogen (secondary N) is 2. The highest BCUT2D eigenvalue weighted by Crippen LogP contribution is 2.19. The van der Waals surface area contributed by atoms with Gasteiger partial charge in [0, 0.05) is 13.1 Å². The summed E-state index contributed by atoms with van der Waals surface area (Å²) in [5, 5.41) is 16.2. The number of sulfone groups is 1. The fourth-order valence-corrected chi connectivity index (χ4v) is 3.72. The van der Waals surface area contributed by atoms with E-state index in [0.717, 1.165) is 0 Å². The minimum atomic E-state index is -3.42. The van der Waals surface area contributed by atoms with E-state index in [0.29, 0.717) is 18.1 Å². The Labute approximate surface area is 197 Å². The van der Waals surface area contributed by atoms with Crippen molar-refractivity contribution in [2.45, 2.75) is 24.5 Å². The fourth-order valence-electron chi connectivity index (χ4n) is 2.55. The zero-order valence-electron chi connectivity index (χ0n) is 16.9. The second kappa shape index (κ2) is 13.4. The van der Waals surface area contributed by atoms with Crippen LogP contribution in [0.5, 0.6) is 5.75 Å². The van der Waals surface area contributed by atoms with E-state index < -0.39 is 22.6 Å². The van der Waals surface area contributed by atoms with Crippen molar-refractivity contribution in [1.29, 1.82) is 0 Å². The maximum atomic E-state index is 12.3. The van der Waals surface area contributed by atoms with E-state index in [9.17, 15) is 22.3 Å². The van der Waals surface area contributed by atoms with Crippen molar-refractivity contribution >= 4 is 39.8 Å². The zero-order chi connectivity index (χ0) is 22.0. The summed E-state index contributed by atoms with van der Waals surface area (Å²) in [5.74, 6) is 0.242. The van der Waals surface area contributed by atoms with Gasteiger partial charge in [0.15, 0.2) is 15.8 Å². The number of benzene rings is 2. The molecule has 172 valence electrons. The summed E-state index contributed by atoms with van der Waals surface area (Å²) in [6, 6.07) is 13.8. The Hall–Kier alpha value is -1.99. The first-order valence-corrected chi connectivity index (χ1v) is 11.0. The Morgan fingerprint density at radius 1 is 1.10 bits per heavy atom. The van der Waals surface area contributed by atoms with Gasteiger partial charge in [-0.15, -0.1) is 24.0 Å². The SMILES string of the molecule is CCNC(=NCC(O)c1ccc(OC(F)F)cc1)NCCS(=O)(=O)c1ccccc1.I. The third-order valence-electron chi connectivity index (χ3n) is 4.02. The van der Waals surface area contributed by atoms with Crippen molar-refractivity contribution < 1.29 is 27.0 Å². The van der Waals surface area contributed by atoms with E-state index in [-0.39, 0.29) is 53.5 Å². The molecule has 0 fully saturated rings. The van der Waals surface area contributed by atoms with Crippen molar-refractivity contribution in [3.63, 3.8) is 0 Å². The topological polar surface area (TPSA) is 100 Å². The minimum absolute atomic E-state index is 0. The van der Waals surface area contributed by atoms with Crippen LogP contribution in [0.4, 0.5) is 8.78 Å². The first-order chi connectivity index (χ1) is 14.3. The third-order valence-corrected chi connectivity index (χ3v) is 5.75. The molecule has 0 aliphatic heterocycles. The van der Waals surface area contributed by atoms with Gasteiger partial charge in [-0.3, -0.25) is 4.99 Å². The summed E-state index contributed by atoms with van der Waals surface area (Å²) in [7, 11) is -3.42. The smallest absolute Gasteiger partial charge is 0.387 e. The molecule has 0 aromatic heterocycles. The van der Waals surface area contributed by atoms with Crippen LogP contribution in [0.25, 0.3) is 0 Å². The number of alkyl halides is 2. The Bertz CT molecular complexity index is 914. The molecule has 0 aliphatic carbocycles. The van der Waals surface area contributed by atoms with Crippen LogP contribution >= 0.6 is 24.0 Å². The molecule has 0 spiro atoms. The molecule has 0 bridgehead atoms. The molecule has 1 atom stereocenters. The van der Waals surface area contributed by atoms with Gasteiger partial charge in [0.05, 0.1) is 23.3 Å². The van der Waals surface area contributed by atoms with Crippen molar-refractivity contribution in [1.82, 2.24) is 10.6 Å². The average molecular weight is 569 g/mol. The first-order valence-electron chi connectivity index (χ1n) is 9.34. The Morgan fingerprint density at radius 2 is 1.74 bits per heavy atom. The maximum absolute atomic E-state index is 12.3. The molecular weight excluding hydrogens is 543 g/mol. The molecule has 11 heteroatoms. The molecular formula is C20H26F2IN3O4S. The van der Waals surface area contributed by atoms with Crippen LogP contribution in [-0.2, 0) is 9.84 Å². The molecule has 2 rings (SSSR count). The van der Waals surface area contributed by atoms with Gasteiger partial charge in [0.1, 0.15) is 5.75 Å². The van der Waals surface area contributed by atoms with Gasteiger partial charge < -0.3 is 20.5 Å². The van der Waals surface area contributed by atoms with Crippen molar-refractivity contribution in [3.8, 4) is 5.75 Å². The van der Waals surface area contributed by atoms with Gasteiger partial charge in [0.25, 0.3) is 0 Å². The number of aliphatic hydroxyl groups is 1. The van der Waals surface area contributed by atoms with E-state index in [1.54, 1.807) is 30.3 Å². The summed E-state index contributed by atoms with van der Waals surface area (Å²) in [6.07, 6.45) is -0.964. The Morgan fingerprint density at radius 3 is 2.32 bits per heavy atom. The lowest BCUT2D eigenvalue weighted by Crippen LogP contribution is -2.39. The van der Waals surface area contributed by atoms with Gasteiger partial charge in [0.2, 0.25) is 0 Å². The average Bonchev–Trinajstić information content (AvgIpc) is 2.72. The molecule has 2 aromatic carbocycles. The number of nitrogens with zero attached hydrogens (tertiary/aromatic N) is 1. The lowest BCUT2D eigenvalue weighted by Gasteiger charge is -2.14. The van der Waals surface area contributed by atoms with Crippen LogP contribution in [0.1, 0.15) is 18.6 Å². The molecule has 1 unspecified atom stereocenters. The lowest BCUT2D eigenvalue weighted by atomic mass is 10.1. The molecule has 0 heterocycles. The number of ether oxygens (including phenoxy) is 1. The minimum Gasteiger partial charge on any atom is -0.435 e. The predicted molar refractivity (Wildman–Crippen MR) is 126 cm³/mol.